The van der Waals surface area contributed by atoms with Crippen LogP contribution < -0.4 is 19.2 Å². The number of carbonyl (C=O) groups is 1. The number of carbonyl (C=O) groups excluding carboxylic acids is 1. The summed E-state index contributed by atoms with van der Waals surface area (Å²) in [5.74, 6) is 0.124. The first-order valence-electron chi connectivity index (χ1n) is 9.75. The van der Waals surface area contributed by atoms with Crippen molar-refractivity contribution < 1.29 is 17.9 Å². The Labute approximate surface area is 185 Å². The zero-order chi connectivity index (χ0) is 22.8. The summed E-state index contributed by atoms with van der Waals surface area (Å²) in [6.45, 7) is 5.84. The van der Waals surface area contributed by atoms with Crippen molar-refractivity contribution in [3.05, 3.63) is 52.1 Å². The van der Waals surface area contributed by atoms with Crippen LogP contribution in [-0.4, -0.2) is 38.3 Å². The maximum atomic E-state index is 12.6. The number of ether oxygens (including phenoxy) is 1. The Balaban J connectivity index is 1.80. The van der Waals surface area contributed by atoms with Crippen LogP contribution in [0.3, 0.4) is 0 Å². The molecule has 0 radical (unpaired) electrons. The molecule has 0 bridgehead atoms. The fraction of sp³-hybridized carbons (Fsp3) is 0.333. The first-order valence-corrected chi connectivity index (χ1v) is 12.4. The van der Waals surface area contributed by atoms with Gasteiger partial charge in [0.1, 0.15) is 12.3 Å². The van der Waals surface area contributed by atoms with Crippen LogP contribution in [0.5, 0.6) is 5.75 Å². The van der Waals surface area contributed by atoms with E-state index in [4.69, 9.17) is 4.74 Å². The third-order valence-electron chi connectivity index (χ3n) is 4.54. The molecule has 0 fully saturated rings. The summed E-state index contributed by atoms with van der Waals surface area (Å²) in [7, 11) is -3.69. The highest BCUT2D eigenvalue weighted by molar-refractivity contribution is 7.92. The van der Waals surface area contributed by atoms with Crippen molar-refractivity contribution in [2.75, 3.05) is 29.0 Å². The molecule has 1 amide bonds. The number of hydrogen-bond donors (Lipinski definition) is 1. The van der Waals surface area contributed by atoms with E-state index in [9.17, 15) is 18.0 Å². The van der Waals surface area contributed by atoms with Crippen LogP contribution in [0.1, 0.15) is 26.8 Å². The fourth-order valence-electron chi connectivity index (χ4n) is 3.21. The minimum Gasteiger partial charge on any atom is -0.494 e. The lowest BCUT2D eigenvalue weighted by Crippen LogP contribution is -2.37. The molecule has 8 nitrogen and oxygen atoms in total. The number of hydrogen-bond acceptors (Lipinski definition) is 6. The second-order valence-electron chi connectivity index (χ2n) is 7.26. The van der Waals surface area contributed by atoms with Crippen molar-refractivity contribution in [3.8, 4) is 5.75 Å². The number of nitrogens with zero attached hydrogens (tertiary/aromatic N) is 2. The van der Waals surface area contributed by atoms with E-state index >= 15 is 0 Å². The third-order valence-corrected chi connectivity index (χ3v) is 6.60. The Morgan fingerprint density at radius 3 is 2.45 bits per heavy atom. The first-order chi connectivity index (χ1) is 14.6. The Morgan fingerprint density at radius 2 is 1.87 bits per heavy atom. The molecule has 1 heterocycles. The smallest absolute Gasteiger partial charge is 0.308 e. The van der Waals surface area contributed by atoms with Gasteiger partial charge in [0, 0.05) is 11.7 Å². The molecule has 0 unspecified atom stereocenters. The summed E-state index contributed by atoms with van der Waals surface area (Å²) >= 11 is 1.11. The van der Waals surface area contributed by atoms with Gasteiger partial charge in [0.2, 0.25) is 15.9 Å². The van der Waals surface area contributed by atoms with Crippen LogP contribution in [0.25, 0.3) is 10.2 Å². The topological polar surface area (TPSA) is 97.7 Å². The van der Waals surface area contributed by atoms with Crippen LogP contribution in [-0.2, 0) is 14.8 Å². The van der Waals surface area contributed by atoms with Crippen LogP contribution in [0, 0.1) is 0 Å². The molecule has 0 aliphatic heterocycles. The predicted molar refractivity (Wildman–Crippen MR) is 125 cm³/mol. The number of rotatable bonds is 8. The van der Waals surface area contributed by atoms with Gasteiger partial charge in [0.25, 0.3) is 0 Å². The van der Waals surface area contributed by atoms with E-state index in [1.165, 1.54) is 0 Å². The zero-order valence-electron chi connectivity index (χ0n) is 17.8. The molecule has 0 spiro atoms. The minimum atomic E-state index is -3.69. The summed E-state index contributed by atoms with van der Waals surface area (Å²) < 4.78 is 33.4. The molecular formula is C21H25N3O5S2. The maximum absolute atomic E-state index is 12.6. The lowest BCUT2D eigenvalue weighted by Gasteiger charge is -2.22. The molecule has 2 aromatic carbocycles. The van der Waals surface area contributed by atoms with E-state index in [2.05, 4.69) is 5.32 Å². The molecule has 10 heteroatoms. The van der Waals surface area contributed by atoms with Gasteiger partial charge in [-0.1, -0.05) is 11.3 Å². The quantitative estimate of drug-likeness (QED) is 0.552. The van der Waals surface area contributed by atoms with Gasteiger partial charge < -0.3 is 10.1 Å². The van der Waals surface area contributed by atoms with Crippen molar-refractivity contribution in [1.82, 2.24) is 4.57 Å². The molecule has 1 aromatic heterocycles. The molecule has 166 valence electrons. The Kier molecular flexibility index (Phi) is 6.71. The monoisotopic (exact) mass is 463 g/mol. The van der Waals surface area contributed by atoms with Gasteiger partial charge in [-0.05, 0) is 63.2 Å². The molecule has 3 rings (SSSR count). The molecule has 3 aromatic rings. The first kappa shape index (κ1) is 22.8. The summed E-state index contributed by atoms with van der Waals surface area (Å²) in [5, 5.41) is 2.72. The van der Waals surface area contributed by atoms with Crippen molar-refractivity contribution in [1.29, 1.82) is 0 Å². The van der Waals surface area contributed by atoms with Crippen LogP contribution in [0.2, 0.25) is 0 Å². The lowest BCUT2D eigenvalue weighted by atomic mass is 10.2. The number of aromatic nitrogens is 1. The molecule has 0 atom stereocenters. The number of fused-ring (bicyclic) bond motifs is 1. The summed E-state index contributed by atoms with van der Waals surface area (Å²) in [4.78, 5) is 24.8. The molecule has 1 N–H and O–H groups in total. The average Bonchev–Trinajstić information content (AvgIpc) is 3.01. The van der Waals surface area contributed by atoms with Crippen molar-refractivity contribution in [2.24, 2.45) is 0 Å². The average molecular weight is 464 g/mol. The summed E-state index contributed by atoms with van der Waals surface area (Å²) in [5.41, 5.74) is 1.66. The van der Waals surface area contributed by atoms with Gasteiger partial charge in [-0.25, -0.2) is 8.42 Å². The number of benzene rings is 2. The number of amides is 1. The molecule has 0 aliphatic rings. The number of nitrogens with one attached hydrogen (secondary N) is 1. The molecular weight excluding hydrogens is 438 g/mol. The Hall–Kier alpha value is -2.85. The standard InChI is InChI=1S/C21H25N3O5S2/c1-5-29-17-9-7-16(8-10-17)23(31(4,27)28)13-20(25)22-15-6-11-18-19(12-15)30-21(26)24(18)14(2)3/h6-12,14H,5,13H2,1-4H3,(H,22,25). The van der Waals surface area contributed by atoms with Gasteiger partial charge in [0.15, 0.2) is 0 Å². The van der Waals surface area contributed by atoms with E-state index in [0.29, 0.717) is 23.7 Å². The van der Waals surface area contributed by atoms with Gasteiger partial charge >= 0.3 is 4.87 Å². The minimum absolute atomic E-state index is 0.0270. The van der Waals surface area contributed by atoms with E-state index in [-0.39, 0.29) is 17.5 Å². The fourth-order valence-corrected chi connectivity index (χ4v) is 5.12. The zero-order valence-corrected chi connectivity index (χ0v) is 19.4. The molecule has 0 saturated carbocycles. The van der Waals surface area contributed by atoms with Crippen LogP contribution >= 0.6 is 11.3 Å². The number of thiazole rings is 1. The highest BCUT2D eigenvalue weighted by Crippen LogP contribution is 2.25. The second-order valence-corrected chi connectivity index (χ2v) is 10.2. The maximum Gasteiger partial charge on any atom is 0.308 e. The summed E-state index contributed by atoms with van der Waals surface area (Å²) in [6, 6.07) is 11.7. The number of sulfonamides is 1. The largest absolute Gasteiger partial charge is 0.494 e. The Morgan fingerprint density at radius 1 is 1.19 bits per heavy atom. The molecule has 0 saturated heterocycles. The van der Waals surface area contributed by atoms with E-state index in [1.807, 2.05) is 20.8 Å². The van der Waals surface area contributed by atoms with Crippen molar-refractivity contribution >= 4 is 48.9 Å². The lowest BCUT2D eigenvalue weighted by molar-refractivity contribution is -0.114. The number of anilines is 2. The SMILES string of the molecule is CCOc1ccc(N(CC(=O)Nc2ccc3c(c2)sc(=O)n3C(C)C)S(C)(=O)=O)cc1. The third kappa shape index (κ3) is 5.26. The van der Waals surface area contributed by atoms with Crippen molar-refractivity contribution in [2.45, 2.75) is 26.8 Å². The Bertz CT molecular complexity index is 1240. The molecule has 31 heavy (non-hydrogen) atoms. The second kappa shape index (κ2) is 9.11. The van der Waals surface area contributed by atoms with E-state index in [1.54, 1.807) is 47.0 Å². The van der Waals surface area contributed by atoms with Gasteiger partial charge in [-0.3, -0.25) is 18.5 Å². The van der Waals surface area contributed by atoms with Gasteiger partial charge in [-0.2, -0.15) is 0 Å². The van der Waals surface area contributed by atoms with E-state index in [0.717, 1.165) is 32.1 Å². The normalized spacial score (nSPS) is 11.6. The van der Waals surface area contributed by atoms with Crippen LogP contribution in [0.15, 0.2) is 47.3 Å². The predicted octanol–water partition coefficient (Wildman–Crippen LogP) is 3.45. The van der Waals surface area contributed by atoms with E-state index < -0.39 is 15.9 Å². The molecule has 0 aliphatic carbocycles. The van der Waals surface area contributed by atoms with Gasteiger partial charge in [-0.15, -0.1) is 0 Å². The highest BCUT2D eigenvalue weighted by atomic mass is 32.2. The summed E-state index contributed by atoms with van der Waals surface area (Å²) in [6.07, 6.45) is 1.05. The highest BCUT2D eigenvalue weighted by Gasteiger charge is 2.21. The van der Waals surface area contributed by atoms with Crippen molar-refractivity contribution in [3.63, 3.8) is 0 Å². The van der Waals surface area contributed by atoms with Gasteiger partial charge in [0.05, 0.1) is 28.8 Å². The van der Waals surface area contributed by atoms with Crippen LogP contribution in [0.4, 0.5) is 11.4 Å².